The van der Waals surface area contributed by atoms with Gasteiger partial charge in [0.2, 0.25) is 5.82 Å². The fraction of sp³-hybridized carbons (Fsp3) is 0.500. The lowest BCUT2D eigenvalue weighted by Crippen LogP contribution is -2.45. The fourth-order valence-corrected chi connectivity index (χ4v) is 3.36. The van der Waals surface area contributed by atoms with Crippen LogP contribution in [0.4, 0.5) is 17.6 Å². The van der Waals surface area contributed by atoms with Crippen LogP contribution in [-0.2, 0) is 22.3 Å². The number of benzene rings is 1. The Labute approximate surface area is 162 Å². The molecule has 0 saturated carbocycles. The van der Waals surface area contributed by atoms with Crippen LogP contribution in [0.25, 0.3) is 11.4 Å². The van der Waals surface area contributed by atoms with Gasteiger partial charge < -0.3 is 18.9 Å². The minimum Gasteiger partial charge on any atom is -0.491 e. The molecular weight excluding hydrogens is 398 g/mol. The maximum atomic E-state index is 14.8. The number of aromatic nitrogens is 2. The van der Waals surface area contributed by atoms with Gasteiger partial charge in [-0.25, -0.2) is 4.39 Å². The van der Waals surface area contributed by atoms with Crippen molar-refractivity contribution in [2.24, 2.45) is 0 Å². The predicted molar refractivity (Wildman–Crippen MR) is 89.2 cm³/mol. The van der Waals surface area contributed by atoms with Gasteiger partial charge in [0.1, 0.15) is 24.3 Å². The maximum absolute atomic E-state index is 14.8. The van der Waals surface area contributed by atoms with Crippen LogP contribution >= 0.6 is 0 Å². The molecule has 3 heterocycles. The van der Waals surface area contributed by atoms with E-state index in [1.54, 1.807) is 6.92 Å². The smallest absolute Gasteiger partial charge is 0.471 e. The Morgan fingerprint density at radius 2 is 2.10 bits per heavy atom. The summed E-state index contributed by atoms with van der Waals surface area (Å²) in [5, 5.41) is 3.27. The summed E-state index contributed by atoms with van der Waals surface area (Å²) in [6, 6.07) is 2.00. The highest BCUT2D eigenvalue weighted by atomic mass is 19.4. The monoisotopic (exact) mass is 415 g/mol. The summed E-state index contributed by atoms with van der Waals surface area (Å²) in [6.07, 6.45) is -3.96. The molecule has 7 nitrogen and oxygen atoms in total. The Kier molecular flexibility index (Phi) is 4.93. The van der Waals surface area contributed by atoms with Crippen molar-refractivity contribution in [1.29, 1.82) is 0 Å². The normalized spacial score (nSPS) is 22.2. The lowest BCUT2D eigenvalue weighted by Gasteiger charge is -2.28. The van der Waals surface area contributed by atoms with E-state index < -0.39 is 29.8 Å². The van der Waals surface area contributed by atoms with Gasteiger partial charge in [-0.2, -0.15) is 18.2 Å². The summed E-state index contributed by atoms with van der Waals surface area (Å²) >= 11 is 0. The van der Waals surface area contributed by atoms with Gasteiger partial charge in [0.05, 0.1) is 12.6 Å². The Hall–Kier alpha value is -2.69. The molecule has 0 radical (unpaired) electrons. The summed E-state index contributed by atoms with van der Waals surface area (Å²) in [6.45, 7) is 2.33. The predicted octanol–water partition coefficient (Wildman–Crippen LogP) is 3.18. The van der Waals surface area contributed by atoms with Crippen LogP contribution in [-0.4, -0.2) is 46.3 Å². The van der Waals surface area contributed by atoms with E-state index in [-0.39, 0.29) is 42.0 Å². The van der Waals surface area contributed by atoms with Gasteiger partial charge in [0.15, 0.2) is 0 Å². The van der Waals surface area contributed by atoms with Crippen LogP contribution in [0.3, 0.4) is 0 Å². The summed E-state index contributed by atoms with van der Waals surface area (Å²) < 4.78 is 68.1. The van der Waals surface area contributed by atoms with E-state index in [0.717, 1.165) is 12.5 Å². The summed E-state index contributed by atoms with van der Waals surface area (Å²) in [4.78, 5) is 17.5. The molecular formula is C18H17F4N3O4. The molecule has 0 bridgehead atoms. The molecule has 2 atom stereocenters. The number of hydrogen-bond donors (Lipinski definition) is 0. The zero-order valence-corrected chi connectivity index (χ0v) is 15.3. The summed E-state index contributed by atoms with van der Waals surface area (Å²) in [5.74, 6) is -2.79. The number of halogens is 4. The molecule has 1 saturated heterocycles. The SMILES string of the molecule is C[C@@H]1COc2cc(-c3noc(C(F)(F)F)n3)cc(F)c2CN1C(=O)[C@@H]1CCCO1. The molecule has 0 unspecified atom stereocenters. The van der Waals surface area contributed by atoms with E-state index in [1.165, 1.54) is 11.0 Å². The number of rotatable bonds is 2. The van der Waals surface area contributed by atoms with Gasteiger partial charge in [0, 0.05) is 17.7 Å². The topological polar surface area (TPSA) is 77.7 Å². The standard InChI is InChI=1S/C18H17F4N3O4/c1-9-8-28-14-6-10(15-23-17(29-24-15)18(20,21)22)5-12(19)11(14)7-25(9)16(26)13-3-2-4-27-13/h5-6,9,13H,2-4,7-8H2,1H3/t9-,13+/m1/s1. The van der Waals surface area contributed by atoms with Crippen LogP contribution < -0.4 is 4.74 Å². The number of carbonyl (C=O) groups excluding carboxylic acids is 1. The van der Waals surface area contributed by atoms with Crippen molar-refractivity contribution in [3.8, 4) is 17.1 Å². The van der Waals surface area contributed by atoms with Crippen LogP contribution in [0.5, 0.6) is 5.75 Å². The molecule has 29 heavy (non-hydrogen) atoms. The molecule has 0 N–H and O–H groups in total. The van der Waals surface area contributed by atoms with Crippen molar-refractivity contribution >= 4 is 5.91 Å². The number of alkyl halides is 3. The van der Waals surface area contributed by atoms with Gasteiger partial charge >= 0.3 is 12.1 Å². The molecule has 0 spiro atoms. The van der Waals surface area contributed by atoms with Gasteiger partial charge in [-0.3, -0.25) is 4.79 Å². The average Bonchev–Trinajstić information content (AvgIpc) is 3.33. The van der Waals surface area contributed by atoms with Crippen molar-refractivity contribution in [3.05, 3.63) is 29.4 Å². The first-order valence-corrected chi connectivity index (χ1v) is 9.02. The molecule has 1 amide bonds. The Morgan fingerprint density at radius 1 is 1.31 bits per heavy atom. The highest BCUT2D eigenvalue weighted by molar-refractivity contribution is 5.81. The molecule has 1 aromatic carbocycles. The molecule has 4 rings (SSSR count). The first-order valence-electron chi connectivity index (χ1n) is 9.02. The second-order valence-corrected chi connectivity index (χ2v) is 6.98. The number of nitrogens with zero attached hydrogens (tertiary/aromatic N) is 3. The van der Waals surface area contributed by atoms with Crippen molar-refractivity contribution in [2.75, 3.05) is 13.2 Å². The van der Waals surface area contributed by atoms with Gasteiger partial charge in [0.25, 0.3) is 5.91 Å². The van der Waals surface area contributed by atoms with Crippen LogP contribution in [0.2, 0.25) is 0 Å². The third-order valence-corrected chi connectivity index (χ3v) is 4.91. The van der Waals surface area contributed by atoms with Crippen LogP contribution in [0, 0.1) is 5.82 Å². The number of ether oxygens (including phenoxy) is 2. The Balaban J connectivity index is 1.64. The molecule has 2 aliphatic heterocycles. The first-order chi connectivity index (χ1) is 13.7. The van der Waals surface area contributed by atoms with Crippen molar-refractivity contribution < 1.29 is 36.4 Å². The quantitative estimate of drug-likeness (QED) is 0.702. The zero-order chi connectivity index (χ0) is 20.8. The fourth-order valence-electron chi connectivity index (χ4n) is 3.36. The molecule has 156 valence electrons. The number of amides is 1. The van der Waals surface area contributed by atoms with E-state index in [2.05, 4.69) is 14.7 Å². The molecule has 1 aromatic heterocycles. The van der Waals surface area contributed by atoms with Gasteiger partial charge in [-0.15, -0.1) is 0 Å². The van der Waals surface area contributed by atoms with Gasteiger partial charge in [-0.1, -0.05) is 5.16 Å². The Morgan fingerprint density at radius 3 is 2.76 bits per heavy atom. The van der Waals surface area contributed by atoms with E-state index in [0.29, 0.717) is 13.0 Å². The number of fused-ring (bicyclic) bond motifs is 1. The summed E-state index contributed by atoms with van der Waals surface area (Å²) in [7, 11) is 0. The minimum absolute atomic E-state index is 0.0212. The van der Waals surface area contributed by atoms with E-state index in [4.69, 9.17) is 9.47 Å². The lowest BCUT2D eigenvalue weighted by atomic mass is 10.1. The van der Waals surface area contributed by atoms with Gasteiger partial charge in [-0.05, 0) is 31.9 Å². The molecule has 2 aromatic rings. The second-order valence-electron chi connectivity index (χ2n) is 6.98. The minimum atomic E-state index is -4.80. The Bertz CT molecular complexity index is 924. The first kappa shape index (κ1) is 19.6. The van der Waals surface area contributed by atoms with Crippen LogP contribution in [0.1, 0.15) is 31.2 Å². The number of carbonyl (C=O) groups is 1. The average molecular weight is 415 g/mol. The van der Waals surface area contributed by atoms with E-state index in [9.17, 15) is 22.4 Å². The van der Waals surface area contributed by atoms with Crippen molar-refractivity contribution in [1.82, 2.24) is 15.0 Å². The maximum Gasteiger partial charge on any atom is 0.471 e. The molecule has 2 aliphatic rings. The molecule has 11 heteroatoms. The zero-order valence-electron chi connectivity index (χ0n) is 15.3. The third kappa shape index (κ3) is 3.78. The van der Waals surface area contributed by atoms with Crippen LogP contribution in [0.15, 0.2) is 16.7 Å². The lowest BCUT2D eigenvalue weighted by molar-refractivity contribution is -0.159. The highest BCUT2D eigenvalue weighted by Gasteiger charge is 2.39. The molecule has 0 aliphatic carbocycles. The second kappa shape index (κ2) is 7.29. The largest absolute Gasteiger partial charge is 0.491 e. The third-order valence-electron chi connectivity index (χ3n) is 4.91. The van der Waals surface area contributed by atoms with Crippen molar-refractivity contribution in [2.45, 2.75) is 44.6 Å². The molecule has 1 fully saturated rings. The number of hydrogen-bond acceptors (Lipinski definition) is 6. The van der Waals surface area contributed by atoms with E-state index in [1.807, 2.05) is 0 Å². The van der Waals surface area contributed by atoms with E-state index >= 15 is 0 Å². The van der Waals surface area contributed by atoms with Crippen molar-refractivity contribution in [3.63, 3.8) is 0 Å². The highest BCUT2D eigenvalue weighted by Crippen LogP contribution is 2.34. The summed E-state index contributed by atoms with van der Waals surface area (Å²) in [5.41, 5.74) is 0.107.